The van der Waals surface area contributed by atoms with Gasteiger partial charge < -0.3 is 24.0 Å². The standard InChI is InChI=1S/C26H36N8O2/c1-18(2)34-23-16-20(15-19-5-8-27-26(29-19)33-9-6-21(36-4)7-10-33)28-17-22(23)30-24(34)25(35)32-13-11-31(3)12-14-32/h5,8,16-18,21H,6-7,9-15H2,1-4H3. The number of fused-ring (bicyclic) bond motifs is 1. The number of rotatable bonds is 6. The van der Waals surface area contributed by atoms with E-state index in [1.807, 2.05) is 21.7 Å². The Morgan fingerprint density at radius 3 is 2.50 bits per heavy atom. The average molecular weight is 493 g/mol. The highest BCUT2D eigenvalue weighted by molar-refractivity contribution is 5.95. The van der Waals surface area contributed by atoms with Gasteiger partial charge in [-0.25, -0.2) is 15.0 Å². The minimum Gasteiger partial charge on any atom is -0.381 e. The zero-order valence-electron chi connectivity index (χ0n) is 21.7. The van der Waals surface area contributed by atoms with Crippen LogP contribution in [0, 0.1) is 0 Å². The number of carbonyl (C=O) groups excluding carboxylic acids is 1. The number of aromatic nitrogens is 5. The van der Waals surface area contributed by atoms with Crippen molar-refractivity contribution in [1.29, 1.82) is 0 Å². The minimum atomic E-state index is -0.00719. The lowest BCUT2D eigenvalue weighted by Gasteiger charge is -2.32. The van der Waals surface area contributed by atoms with Crippen LogP contribution in [0.25, 0.3) is 11.0 Å². The van der Waals surface area contributed by atoms with E-state index in [0.717, 1.165) is 80.5 Å². The summed E-state index contributed by atoms with van der Waals surface area (Å²) < 4.78 is 7.53. The summed E-state index contributed by atoms with van der Waals surface area (Å²) in [5.41, 5.74) is 3.49. The van der Waals surface area contributed by atoms with Crippen LogP contribution in [0.3, 0.4) is 0 Å². The molecule has 0 aromatic carbocycles. The third-order valence-corrected chi connectivity index (χ3v) is 7.25. The topological polar surface area (TPSA) is 92.5 Å². The number of ether oxygens (including phenoxy) is 1. The molecule has 0 N–H and O–H groups in total. The van der Waals surface area contributed by atoms with Crippen LogP contribution < -0.4 is 4.90 Å². The Morgan fingerprint density at radius 2 is 1.81 bits per heavy atom. The number of likely N-dealkylation sites (N-methyl/N-ethyl adjacent to an activating group) is 1. The van der Waals surface area contributed by atoms with E-state index in [-0.39, 0.29) is 11.9 Å². The number of amides is 1. The van der Waals surface area contributed by atoms with Crippen LogP contribution >= 0.6 is 0 Å². The maximum atomic E-state index is 13.4. The maximum absolute atomic E-state index is 13.4. The Balaban J connectivity index is 1.38. The fourth-order valence-corrected chi connectivity index (χ4v) is 5.07. The van der Waals surface area contributed by atoms with Crippen LogP contribution in [0.2, 0.25) is 0 Å². The van der Waals surface area contributed by atoms with Crippen molar-refractivity contribution in [2.24, 2.45) is 0 Å². The Morgan fingerprint density at radius 1 is 1.06 bits per heavy atom. The van der Waals surface area contributed by atoms with Crippen LogP contribution in [0.1, 0.15) is 54.7 Å². The zero-order valence-corrected chi connectivity index (χ0v) is 21.7. The molecule has 0 spiro atoms. The highest BCUT2D eigenvalue weighted by Gasteiger charge is 2.27. The Hall–Kier alpha value is -3.11. The average Bonchev–Trinajstić information content (AvgIpc) is 3.28. The molecule has 0 atom stereocenters. The molecule has 36 heavy (non-hydrogen) atoms. The van der Waals surface area contributed by atoms with Gasteiger partial charge in [0.25, 0.3) is 5.91 Å². The van der Waals surface area contributed by atoms with E-state index in [1.54, 1.807) is 13.3 Å². The van der Waals surface area contributed by atoms with Crippen LogP contribution in [0.5, 0.6) is 0 Å². The van der Waals surface area contributed by atoms with Crippen molar-refractivity contribution in [3.05, 3.63) is 41.7 Å². The number of piperidine rings is 1. The largest absolute Gasteiger partial charge is 0.381 e. The summed E-state index contributed by atoms with van der Waals surface area (Å²) in [6.07, 6.45) is 6.48. The fourth-order valence-electron chi connectivity index (χ4n) is 5.07. The van der Waals surface area contributed by atoms with Gasteiger partial charge in [0.15, 0.2) is 0 Å². The van der Waals surface area contributed by atoms with Crippen molar-refractivity contribution < 1.29 is 9.53 Å². The van der Waals surface area contributed by atoms with Crippen molar-refractivity contribution in [3.8, 4) is 0 Å². The molecule has 5 heterocycles. The van der Waals surface area contributed by atoms with Gasteiger partial charge in [0.05, 0.1) is 23.5 Å². The molecule has 0 unspecified atom stereocenters. The number of methoxy groups -OCH3 is 1. The molecule has 5 rings (SSSR count). The molecule has 2 aliphatic heterocycles. The lowest BCUT2D eigenvalue weighted by atomic mass is 10.1. The molecule has 0 radical (unpaired) electrons. The van der Waals surface area contributed by atoms with E-state index in [2.05, 4.69) is 46.7 Å². The summed E-state index contributed by atoms with van der Waals surface area (Å²) in [5, 5.41) is 0. The predicted molar refractivity (Wildman–Crippen MR) is 138 cm³/mol. The van der Waals surface area contributed by atoms with E-state index >= 15 is 0 Å². The number of hydrogen-bond acceptors (Lipinski definition) is 8. The number of imidazole rings is 1. The zero-order chi connectivity index (χ0) is 25.2. The number of carbonyl (C=O) groups is 1. The van der Waals surface area contributed by atoms with Crippen molar-refractivity contribution >= 4 is 22.9 Å². The van der Waals surface area contributed by atoms with E-state index < -0.39 is 0 Å². The summed E-state index contributed by atoms with van der Waals surface area (Å²) in [6, 6.07) is 4.09. The maximum Gasteiger partial charge on any atom is 0.289 e. The fraction of sp³-hybridized carbons (Fsp3) is 0.577. The smallest absolute Gasteiger partial charge is 0.289 e. The van der Waals surface area contributed by atoms with Crippen molar-refractivity contribution in [2.45, 2.75) is 45.3 Å². The Kier molecular flexibility index (Phi) is 7.15. The number of piperazine rings is 1. The van der Waals surface area contributed by atoms with Gasteiger partial charge in [-0.1, -0.05) is 0 Å². The van der Waals surface area contributed by atoms with Gasteiger partial charge in [-0.15, -0.1) is 0 Å². The molecule has 2 aliphatic rings. The molecule has 3 aromatic heterocycles. The highest BCUT2D eigenvalue weighted by atomic mass is 16.5. The quantitative estimate of drug-likeness (QED) is 0.518. The third kappa shape index (κ3) is 5.05. The number of nitrogens with zero attached hydrogens (tertiary/aromatic N) is 8. The lowest BCUT2D eigenvalue weighted by molar-refractivity contribution is 0.0646. The molecular weight excluding hydrogens is 456 g/mol. The van der Waals surface area contributed by atoms with E-state index in [9.17, 15) is 4.79 Å². The van der Waals surface area contributed by atoms with Gasteiger partial charge in [-0.05, 0) is 45.9 Å². The monoisotopic (exact) mass is 492 g/mol. The Bertz CT molecular complexity index is 1210. The highest BCUT2D eigenvalue weighted by Crippen LogP contribution is 2.24. The predicted octanol–water partition coefficient (Wildman–Crippen LogP) is 2.40. The van der Waals surface area contributed by atoms with E-state index in [0.29, 0.717) is 18.3 Å². The molecule has 1 amide bonds. The van der Waals surface area contributed by atoms with Gasteiger partial charge in [0, 0.05) is 70.7 Å². The van der Waals surface area contributed by atoms with Crippen LogP contribution in [0.4, 0.5) is 5.95 Å². The summed E-state index contributed by atoms with van der Waals surface area (Å²) in [4.78, 5) is 38.5. The summed E-state index contributed by atoms with van der Waals surface area (Å²) in [7, 11) is 3.86. The first-order valence-corrected chi connectivity index (χ1v) is 12.9. The SMILES string of the molecule is COC1CCN(c2nccc(Cc3cc4c(cn3)nc(C(=O)N3CCN(C)CC3)n4C(C)C)n2)CC1. The first kappa shape index (κ1) is 24.6. The second kappa shape index (κ2) is 10.5. The lowest BCUT2D eigenvalue weighted by Crippen LogP contribution is -2.47. The van der Waals surface area contributed by atoms with Gasteiger partial charge in [-0.2, -0.15) is 0 Å². The molecule has 2 saturated heterocycles. The molecule has 10 heteroatoms. The molecule has 2 fully saturated rings. The van der Waals surface area contributed by atoms with Gasteiger partial charge in [0.1, 0.15) is 5.52 Å². The van der Waals surface area contributed by atoms with Crippen LogP contribution in [-0.2, 0) is 11.2 Å². The first-order chi connectivity index (χ1) is 17.4. The van der Waals surface area contributed by atoms with Gasteiger partial charge in [-0.3, -0.25) is 9.78 Å². The summed E-state index contributed by atoms with van der Waals surface area (Å²) in [5.74, 6) is 1.25. The summed E-state index contributed by atoms with van der Waals surface area (Å²) >= 11 is 0. The molecule has 0 saturated carbocycles. The molecule has 3 aromatic rings. The molecule has 0 bridgehead atoms. The second-order valence-corrected chi connectivity index (χ2v) is 10.1. The first-order valence-electron chi connectivity index (χ1n) is 12.9. The molecule has 10 nitrogen and oxygen atoms in total. The number of pyridine rings is 1. The normalized spacial score (nSPS) is 17.9. The second-order valence-electron chi connectivity index (χ2n) is 10.1. The van der Waals surface area contributed by atoms with Gasteiger partial charge in [0.2, 0.25) is 11.8 Å². The molecule has 192 valence electrons. The summed E-state index contributed by atoms with van der Waals surface area (Å²) in [6.45, 7) is 9.17. The number of hydrogen-bond donors (Lipinski definition) is 0. The van der Waals surface area contributed by atoms with Gasteiger partial charge >= 0.3 is 0 Å². The Labute approximate surface area is 212 Å². The van der Waals surface area contributed by atoms with E-state index in [1.165, 1.54) is 0 Å². The van der Waals surface area contributed by atoms with Crippen LogP contribution in [0.15, 0.2) is 24.5 Å². The van der Waals surface area contributed by atoms with Crippen LogP contribution in [-0.4, -0.2) is 99.7 Å². The minimum absolute atomic E-state index is 0.00719. The molecular formula is C26H36N8O2. The van der Waals surface area contributed by atoms with Crippen molar-refractivity contribution in [2.75, 3.05) is 58.3 Å². The number of anilines is 1. The van der Waals surface area contributed by atoms with Crippen molar-refractivity contribution in [1.82, 2.24) is 34.3 Å². The molecule has 0 aliphatic carbocycles. The third-order valence-electron chi connectivity index (χ3n) is 7.25. The van der Waals surface area contributed by atoms with Crippen molar-refractivity contribution in [3.63, 3.8) is 0 Å². The van der Waals surface area contributed by atoms with E-state index in [4.69, 9.17) is 14.7 Å².